The Morgan fingerprint density at radius 3 is 2.48 bits per heavy atom. The van der Waals surface area contributed by atoms with Crippen molar-refractivity contribution in [3.05, 3.63) is 84.1 Å². The monoisotopic (exact) mass is 391 g/mol. The second-order valence-electron chi connectivity index (χ2n) is 7.46. The first-order valence-corrected chi connectivity index (χ1v) is 9.66. The maximum absolute atomic E-state index is 13.2. The van der Waals surface area contributed by atoms with Gasteiger partial charge in [-0.2, -0.15) is 0 Å². The second-order valence-corrected chi connectivity index (χ2v) is 7.46. The predicted molar refractivity (Wildman–Crippen MR) is 108 cm³/mol. The van der Waals surface area contributed by atoms with Gasteiger partial charge in [0.1, 0.15) is 12.1 Å². The molecular formula is C23H22FN3O2. The molecule has 0 spiro atoms. The molecule has 5 nitrogen and oxygen atoms in total. The topological polar surface area (TPSA) is 66.3 Å². The fraction of sp³-hybridized carbons (Fsp3) is 0.261. The maximum Gasteiger partial charge on any atom is 0.254 e. The van der Waals surface area contributed by atoms with Crippen LogP contribution in [0.2, 0.25) is 0 Å². The van der Waals surface area contributed by atoms with Crippen molar-refractivity contribution in [2.45, 2.75) is 24.9 Å². The van der Waals surface area contributed by atoms with E-state index in [-0.39, 0.29) is 11.7 Å². The molecule has 3 aromatic rings. The third-order valence-electron chi connectivity index (χ3n) is 5.44. The Morgan fingerprint density at radius 1 is 1.07 bits per heavy atom. The van der Waals surface area contributed by atoms with E-state index in [1.165, 1.54) is 18.5 Å². The lowest BCUT2D eigenvalue weighted by Gasteiger charge is -2.38. The van der Waals surface area contributed by atoms with Gasteiger partial charge in [0.15, 0.2) is 0 Å². The van der Waals surface area contributed by atoms with E-state index in [4.69, 9.17) is 0 Å². The molecule has 1 saturated heterocycles. The quantitative estimate of drug-likeness (QED) is 0.739. The molecule has 2 heterocycles. The second kappa shape index (κ2) is 8.09. The number of aromatic nitrogens is 2. The van der Waals surface area contributed by atoms with Crippen molar-refractivity contribution in [2.75, 3.05) is 13.1 Å². The molecule has 1 aromatic heterocycles. The summed E-state index contributed by atoms with van der Waals surface area (Å²) in [6, 6.07) is 15.4. The van der Waals surface area contributed by atoms with Gasteiger partial charge in [0.25, 0.3) is 5.91 Å². The third kappa shape index (κ3) is 4.32. The van der Waals surface area contributed by atoms with Gasteiger partial charge >= 0.3 is 0 Å². The number of aliphatic hydroxyl groups is 1. The average Bonchev–Trinajstić information content (AvgIpc) is 2.76. The van der Waals surface area contributed by atoms with Gasteiger partial charge in [-0.05, 0) is 42.7 Å². The number of likely N-dealkylation sites (tertiary alicyclic amines) is 1. The summed E-state index contributed by atoms with van der Waals surface area (Å²) in [5.74, 6) is -0.355. The van der Waals surface area contributed by atoms with Gasteiger partial charge in [-0.3, -0.25) is 4.79 Å². The molecule has 2 aromatic carbocycles. The number of rotatable bonds is 4. The molecule has 0 saturated carbocycles. The smallest absolute Gasteiger partial charge is 0.254 e. The van der Waals surface area contributed by atoms with Crippen LogP contribution in [0.4, 0.5) is 4.39 Å². The molecule has 1 amide bonds. The van der Waals surface area contributed by atoms with Crippen molar-refractivity contribution in [2.24, 2.45) is 0 Å². The van der Waals surface area contributed by atoms with Crippen molar-refractivity contribution in [1.82, 2.24) is 14.9 Å². The SMILES string of the molecule is O=C(c1ccccc1-c1ccncn1)N1CCC(O)(Cc2ccc(F)cc2)CC1. The van der Waals surface area contributed by atoms with Crippen LogP contribution in [0.3, 0.4) is 0 Å². The van der Waals surface area contributed by atoms with E-state index in [1.54, 1.807) is 35.4 Å². The van der Waals surface area contributed by atoms with Crippen LogP contribution in [-0.2, 0) is 6.42 Å². The molecule has 29 heavy (non-hydrogen) atoms. The number of benzene rings is 2. The molecule has 0 atom stereocenters. The predicted octanol–water partition coefficient (Wildman–Crippen LogP) is 3.49. The first kappa shape index (κ1) is 19.2. The minimum absolute atomic E-state index is 0.0666. The van der Waals surface area contributed by atoms with Gasteiger partial charge in [-0.1, -0.05) is 30.3 Å². The van der Waals surface area contributed by atoms with Gasteiger partial charge in [0.05, 0.1) is 11.3 Å². The number of carbonyl (C=O) groups is 1. The summed E-state index contributed by atoms with van der Waals surface area (Å²) in [7, 11) is 0. The Balaban J connectivity index is 1.47. The molecule has 0 unspecified atom stereocenters. The summed E-state index contributed by atoms with van der Waals surface area (Å²) in [5, 5.41) is 10.9. The van der Waals surface area contributed by atoms with Crippen LogP contribution in [0.15, 0.2) is 67.1 Å². The van der Waals surface area contributed by atoms with E-state index < -0.39 is 5.60 Å². The maximum atomic E-state index is 13.2. The zero-order chi connectivity index (χ0) is 20.3. The molecule has 0 radical (unpaired) electrons. The van der Waals surface area contributed by atoms with Crippen molar-refractivity contribution in [1.29, 1.82) is 0 Å². The molecule has 6 heteroatoms. The van der Waals surface area contributed by atoms with Crippen molar-refractivity contribution >= 4 is 5.91 Å². The number of carbonyl (C=O) groups excluding carboxylic acids is 1. The molecule has 148 valence electrons. The highest BCUT2D eigenvalue weighted by atomic mass is 19.1. The average molecular weight is 391 g/mol. The van der Waals surface area contributed by atoms with Gasteiger partial charge in [-0.15, -0.1) is 0 Å². The minimum Gasteiger partial charge on any atom is -0.389 e. The standard InChI is InChI=1S/C23H22FN3O2/c24-18-7-5-17(6-8-18)15-23(29)10-13-27(14-11-23)22(28)20-4-2-1-3-19(20)21-9-12-25-16-26-21/h1-9,12,16,29H,10-11,13-15H2. The Morgan fingerprint density at radius 2 is 1.79 bits per heavy atom. The van der Waals surface area contributed by atoms with Crippen LogP contribution in [0.1, 0.15) is 28.8 Å². The molecule has 1 aliphatic rings. The first-order valence-electron chi connectivity index (χ1n) is 9.66. The normalized spacial score (nSPS) is 15.9. The number of amides is 1. The fourth-order valence-corrected chi connectivity index (χ4v) is 3.80. The number of hydrogen-bond donors (Lipinski definition) is 1. The summed E-state index contributed by atoms with van der Waals surface area (Å²) in [6.45, 7) is 0.934. The van der Waals surface area contributed by atoms with Gasteiger partial charge in [-0.25, -0.2) is 14.4 Å². The van der Waals surface area contributed by atoms with Crippen LogP contribution in [0.25, 0.3) is 11.3 Å². The van der Waals surface area contributed by atoms with E-state index >= 15 is 0 Å². The van der Waals surface area contributed by atoms with Crippen LogP contribution >= 0.6 is 0 Å². The van der Waals surface area contributed by atoms with Crippen molar-refractivity contribution in [3.63, 3.8) is 0 Å². The molecule has 4 rings (SSSR count). The summed E-state index contributed by atoms with van der Waals surface area (Å²) in [6.07, 6.45) is 4.53. The number of nitrogens with zero attached hydrogens (tertiary/aromatic N) is 3. The lowest BCUT2D eigenvalue weighted by atomic mass is 9.85. The number of piperidine rings is 1. The summed E-state index contributed by atoms with van der Waals surface area (Å²) in [5.41, 5.74) is 2.07. The number of halogens is 1. The van der Waals surface area contributed by atoms with E-state index in [9.17, 15) is 14.3 Å². The third-order valence-corrected chi connectivity index (χ3v) is 5.44. The Hall–Kier alpha value is -3.12. The van der Waals surface area contributed by atoms with Crippen LogP contribution in [0.5, 0.6) is 0 Å². The van der Waals surface area contributed by atoms with Crippen LogP contribution in [-0.4, -0.2) is 44.6 Å². The van der Waals surface area contributed by atoms with Crippen LogP contribution < -0.4 is 0 Å². The molecule has 0 bridgehead atoms. The molecule has 1 N–H and O–H groups in total. The summed E-state index contributed by atoms with van der Waals surface area (Å²) < 4.78 is 13.1. The molecule has 1 fully saturated rings. The highest BCUT2D eigenvalue weighted by Gasteiger charge is 2.34. The number of hydrogen-bond acceptors (Lipinski definition) is 4. The summed E-state index contributed by atoms with van der Waals surface area (Å²) in [4.78, 5) is 23.1. The highest BCUT2D eigenvalue weighted by Crippen LogP contribution is 2.29. The fourth-order valence-electron chi connectivity index (χ4n) is 3.80. The zero-order valence-corrected chi connectivity index (χ0v) is 16.0. The summed E-state index contributed by atoms with van der Waals surface area (Å²) >= 11 is 0. The zero-order valence-electron chi connectivity index (χ0n) is 16.0. The lowest BCUT2D eigenvalue weighted by Crippen LogP contribution is -2.47. The largest absolute Gasteiger partial charge is 0.389 e. The van der Waals surface area contributed by atoms with E-state index in [1.807, 2.05) is 18.2 Å². The molecule has 0 aliphatic carbocycles. The van der Waals surface area contributed by atoms with Gasteiger partial charge in [0, 0.05) is 36.8 Å². The highest BCUT2D eigenvalue weighted by molar-refractivity contribution is 6.00. The van der Waals surface area contributed by atoms with E-state index in [2.05, 4.69) is 9.97 Å². The lowest BCUT2D eigenvalue weighted by molar-refractivity contribution is -0.0162. The molecular weight excluding hydrogens is 369 g/mol. The molecule has 1 aliphatic heterocycles. The Labute approximate surface area is 168 Å². The Bertz CT molecular complexity index is 985. The first-order chi connectivity index (χ1) is 14.0. The van der Waals surface area contributed by atoms with Crippen molar-refractivity contribution < 1.29 is 14.3 Å². The minimum atomic E-state index is -0.888. The van der Waals surface area contributed by atoms with E-state index in [0.29, 0.717) is 43.6 Å². The Kier molecular flexibility index (Phi) is 5.36. The van der Waals surface area contributed by atoms with Crippen LogP contribution in [0, 0.1) is 5.82 Å². The van der Waals surface area contributed by atoms with E-state index in [0.717, 1.165) is 11.1 Å². The van der Waals surface area contributed by atoms with Crippen molar-refractivity contribution in [3.8, 4) is 11.3 Å². The van der Waals surface area contributed by atoms with Gasteiger partial charge in [0.2, 0.25) is 0 Å². The van der Waals surface area contributed by atoms with Gasteiger partial charge < -0.3 is 10.0 Å².